The maximum absolute atomic E-state index is 13.2. The van der Waals surface area contributed by atoms with Crippen LogP contribution in [0.5, 0.6) is 0 Å². The first kappa shape index (κ1) is 31.6. The molecule has 2 aromatic rings. The number of rotatable bonds is 17. The first-order valence-electron chi connectivity index (χ1n) is 12.6. The molecule has 1 heterocycles. The van der Waals surface area contributed by atoms with Gasteiger partial charge in [-0.2, -0.15) is 12.6 Å². The van der Waals surface area contributed by atoms with Gasteiger partial charge in [0.25, 0.3) is 0 Å². The van der Waals surface area contributed by atoms with Crippen molar-refractivity contribution in [3.63, 3.8) is 0 Å². The molecule has 39 heavy (non-hydrogen) atoms. The van der Waals surface area contributed by atoms with E-state index < -0.39 is 53.8 Å². The van der Waals surface area contributed by atoms with Crippen LogP contribution in [0, 0.1) is 0 Å². The van der Waals surface area contributed by atoms with Crippen molar-refractivity contribution in [1.82, 2.24) is 20.9 Å². The fraction of sp³-hybridized carbons (Fsp3) is 0.480. The first-order valence-corrected chi connectivity index (χ1v) is 13.2. The quantitative estimate of drug-likeness (QED) is 0.0844. The second-order valence-electron chi connectivity index (χ2n) is 9.16. The summed E-state index contributed by atoms with van der Waals surface area (Å²) in [5.41, 5.74) is 18.0. The van der Waals surface area contributed by atoms with Crippen molar-refractivity contribution >= 4 is 53.1 Å². The molecule has 1 aromatic heterocycles. The van der Waals surface area contributed by atoms with Gasteiger partial charge in [-0.3, -0.25) is 19.2 Å². The van der Waals surface area contributed by atoms with Crippen molar-refractivity contribution in [2.24, 2.45) is 17.2 Å². The van der Waals surface area contributed by atoms with Crippen molar-refractivity contribution < 1.29 is 29.1 Å². The number of unbranched alkanes of at least 4 members (excludes halogenated alkanes) is 1. The van der Waals surface area contributed by atoms with Crippen LogP contribution in [-0.4, -0.2) is 76.2 Å². The molecule has 0 spiro atoms. The maximum atomic E-state index is 13.2. The summed E-state index contributed by atoms with van der Waals surface area (Å²) in [6.45, 7) is 0.361. The van der Waals surface area contributed by atoms with Gasteiger partial charge in [-0.1, -0.05) is 18.2 Å². The number of carboxylic acid groups (broad SMARTS) is 1. The summed E-state index contributed by atoms with van der Waals surface area (Å²) >= 11 is 3.97. The molecule has 0 fully saturated rings. The average molecular weight is 564 g/mol. The van der Waals surface area contributed by atoms with Crippen LogP contribution < -0.4 is 33.2 Å². The molecule has 11 N–H and O–H groups in total. The molecule has 0 aliphatic rings. The predicted molar refractivity (Wildman–Crippen MR) is 149 cm³/mol. The highest BCUT2D eigenvalue weighted by Crippen LogP contribution is 2.19. The molecule has 4 unspecified atom stereocenters. The molecule has 4 amide bonds. The average Bonchev–Trinajstić information content (AvgIpc) is 3.31. The van der Waals surface area contributed by atoms with Crippen molar-refractivity contribution in [1.29, 1.82) is 0 Å². The number of primary amides is 1. The minimum atomic E-state index is -1.27. The predicted octanol–water partition coefficient (Wildman–Crippen LogP) is -1.10. The summed E-state index contributed by atoms with van der Waals surface area (Å²) in [4.78, 5) is 65.0. The van der Waals surface area contributed by atoms with Gasteiger partial charge in [0.1, 0.15) is 18.1 Å². The first-order chi connectivity index (χ1) is 18.6. The Balaban J connectivity index is 2.19. The minimum absolute atomic E-state index is 0.00740. The van der Waals surface area contributed by atoms with Crippen molar-refractivity contribution in [2.75, 3.05) is 12.3 Å². The van der Waals surface area contributed by atoms with E-state index in [4.69, 9.17) is 17.2 Å². The zero-order chi connectivity index (χ0) is 28.9. The number of carbonyl (C=O) groups excluding carboxylic acids is 4. The van der Waals surface area contributed by atoms with Crippen LogP contribution in [0.4, 0.5) is 0 Å². The number of hydrogen-bond acceptors (Lipinski definition) is 8. The third-order valence-corrected chi connectivity index (χ3v) is 6.53. The van der Waals surface area contributed by atoms with Crippen LogP contribution in [0.3, 0.4) is 0 Å². The molecule has 0 radical (unpaired) electrons. The van der Waals surface area contributed by atoms with E-state index in [0.29, 0.717) is 24.9 Å². The van der Waals surface area contributed by atoms with Gasteiger partial charge >= 0.3 is 5.97 Å². The number of aromatic nitrogens is 1. The van der Waals surface area contributed by atoms with E-state index in [-0.39, 0.29) is 31.4 Å². The molecule has 214 valence electrons. The summed E-state index contributed by atoms with van der Waals surface area (Å²) in [7, 11) is 0. The topological polar surface area (TPSA) is 236 Å². The molecule has 4 atom stereocenters. The molecule has 0 saturated carbocycles. The SMILES string of the molecule is NCCCCC(NC(=O)C(CCC(N)=O)NC(=O)C(N)CS)C(=O)NC(Cc1c[nH]c2ccccc12)C(=O)O. The highest BCUT2D eigenvalue weighted by Gasteiger charge is 2.30. The van der Waals surface area contributed by atoms with Gasteiger partial charge in [0.15, 0.2) is 0 Å². The van der Waals surface area contributed by atoms with Gasteiger partial charge < -0.3 is 43.2 Å². The molecule has 1 aromatic carbocycles. The molecule has 0 bridgehead atoms. The number of nitrogens with two attached hydrogens (primary N) is 3. The fourth-order valence-corrected chi connectivity index (χ4v) is 4.11. The lowest BCUT2D eigenvalue weighted by Crippen LogP contribution is -2.57. The molecule has 13 nitrogen and oxygen atoms in total. The van der Waals surface area contributed by atoms with Crippen LogP contribution in [0.25, 0.3) is 10.9 Å². The molecule has 0 aliphatic heterocycles. The maximum Gasteiger partial charge on any atom is 0.326 e. The summed E-state index contributed by atoms with van der Waals surface area (Å²) < 4.78 is 0. The Kier molecular flexibility index (Phi) is 12.7. The number of carbonyl (C=O) groups is 5. The third kappa shape index (κ3) is 9.89. The van der Waals surface area contributed by atoms with E-state index in [9.17, 15) is 29.1 Å². The monoisotopic (exact) mass is 563 g/mol. The van der Waals surface area contributed by atoms with E-state index in [1.807, 2.05) is 24.3 Å². The number of thiol groups is 1. The third-order valence-electron chi connectivity index (χ3n) is 6.14. The zero-order valence-corrected chi connectivity index (χ0v) is 22.4. The Hall–Kier alpha value is -3.62. The van der Waals surface area contributed by atoms with Gasteiger partial charge in [0, 0.05) is 35.7 Å². The van der Waals surface area contributed by atoms with Crippen molar-refractivity contribution in [2.45, 2.75) is 62.7 Å². The number of benzene rings is 1. The largest absolute Gasteiger partial charge is 0.480 e. The minimum Gasteiger partial charge on any atom is -0.480 e. The smallest absolute Gasteiger partial charge is 0.326 e. The lowest BCUT2D eigenvalue weighted by atomic mass is 10.0. The summed E-state index contributed by atoms with van der Waals surface area (Å²) in [5, 5.41) is 18.2. The van der Waals surface area contributed by atoms with Gasteiger partial charge in [0.2, 0.25) is 23.6 Å². The summed E-state index contributed by atoms with van der Waals surface area (Å²) in [5.74, 6) is -4.02. The highest BCUT2D eigenvalue weighted by molar-refractivity contribution is 7.80. The van der Waals surface area contributed by atoms with Crippen molar-refractivity contribution in [3.8, 4) is 0 Å². The molecular formula is C25H37N7O6S. The summed E-state index contributed by atoms with van der Waals surface area (Å²) in [6, 6.07) is 2.77. The molecule has 0 saturated heterocycles. The number of aliphatic carboxylic acids is 1. The second kappa shape index (κ2) is 15.7. The number of aromatic amines is 1. The van der Waals surface area contributed by atoms with Gasteiger partial charge in [-0.05, 0) is 43.9 Å². The number of amides is 4. The van der Waals surface area contributed by atoms with Crippen LogP contribution in [0.2, 0.25) is 0 Å². The Morgan fingerprint density at radius 1 is 0.923 bits per heavy atom. The van der Waals surface area contributed by atoms with E-state index in [1.54, 1.807) is 6.20 Å². The number of carboxylic acids is 1. The lowest BCUT2D eigenvalue weighted by Gasteiger charge is -2.25. The fourth-order valence-electron chi connectivity index (χ4n) is 3.94. The normalized spacial score (nSPS) is 14.1. The Morgan fingerprint density at radius 3 is 2.15 bits per heavy atom. The molecule has 2 rings (SSSR count). The Labute approximate surface area is 231 Å². The number of H-pyrrole nitrogens is 1. The van der Waals surface area contributed by atoms with E-state index in [2.05, 4.69) is 33.6 Å². The number of hydrogen-bond donors (Lipinski definition) is 9. The van der Waals surface area contributed by atoms with Gasteiger partial charge in [0.05, 0.1) is 6.04 Å². The number of fused-ring (bicyclic) bond motifs is 1. The standard InChI is InChI=1S/C25H37N7O6S/c26-10-4-3-7-18(31-24(36)19(8-9-21(28)33)30-22(34)16(27)13-39)23(35)32-20(25(37)38)11-14-12-29-17-6-2-1-5-15(14)17/h1-2,5-6,12,16,18-20,29,39H,3-4,7-11,13,26-27H2,(H2,28,33)(H,30,34)(H,31,36)(H,32,35)(H,37,38). The van der Waals surface area contributed by atoms with E-state index in [0.717, 1.165) is 10.9 Å². The van der Waals surface area contributed by atoms with Gasteiger partial charge in [-0.15, -0.1) is 0 Å². The van der Waals surface area contributed by atoms with Crippen molar-refractivity contribution in [3.05, 3.63) is 36.0 Å². The van der Waals surface area contributed by atoms with Crippen LogP contribution in [0.1, 0.15) is 37.7 Å². The summed E-state index contributed by atoms with van der Waals surface area (Å²) in [6.07, 6.45) is 2.57. The second-order valence-corrected chi connectivity index (χ2v) is 9.53. The van der Waals surface area contributed by atoms with Crippen LogP contribution in [0.15, 0.2) is 30.5 Å². The zero-order valence-electron chi connectivity index (χ0n) is 21.5. The number of para-hydroxylation sites is 1. The highest BCUT2D eigenvalue weighted by atomic mass is 32.1. The van der Waals surface area contributed by atoms with E-state index in [1.165, 1.54) is 0 Å². The molecular weight excluding hydrogens is 526 g/mol. The van der Waals surface area contributed by atoms with E-state index >= 15 is 0 Å². The van der Waals surface area contributed by atoms with Crippen LogP contribution in [-0.2, 0) is 30.4 Å². The Bertz CT molecular complexity index is 1160. The van der Waals surface area contributed by atoms with Gasteiger partial charge in [-0.25, -0.2) is 4.79 Å². The Morgan fingerprint density at radius 2 is 1.54 bits per heavy atom. The molecule has 14 heteroatoms. The van der Waals surface area contributed by atoms with Crippen LogP contribution >= 0.6 is 12.6 Å². The number of nitrogens with one attached hydrogen (secondary N) is 4. The lowest BCUT2D eigenvalue weighted by molar-refractivity contribution is -0.142. The molecule has 0 aliphatic carbocycles.